The van der Waals surface area contributed by atoms with Crippen molar-refractivity contribution in [1.29, 1.82) is 5.26 Å². The van der Waals surface area contributed by atoms with Gasteiger partial charge in [-0.3, -0.25) is 4.79 Å². The molecule has 0 amide bonds. The van der Waals surface area contributed by atoms with E-state index in [4.69, 9.17) is 4.74 Å². The number of allylic oxidation sites excluding steroid dienone is 1. The molecule has 0 radical (unpaired) electrons. The van der Waals surface area contributed by atoms with Crippen molar-refractivity contribution in [3.63, 3.8) is 0 Å². The molecule has 3 aromatic rings. The third-order valence-corrected chi connectivity index (χ3v) is 10.1. The number of ketones is 1. The highest BCUT2D eigenvalue weighted by Gasteiger charge is 2.29. The minimum atomic E-state index is 0. The van der Waals surface area contributed by atoms with E-state index in [1.807, 2.05) is 24.3 Å². The SMILES string of the molecule is CCCCC(CC)Oc1ccc(-c2cccc(/C=C(\C)c3ccc(C(=O)C(C)C(CC)C(CCC)CCCC)cc3)c2C)cc1C#N.[HH]. The molecule has 0 aliphatic rings. The molecule has 0 spiro atoms. The second-order valence-corrected chi connectivity index (χ2v) is 13.5. The van der Waals surface area contributed by atoms with Gasteiger partial charge in [0, 0.05) is 12.9 Å². The minimum absolute atomic E-state index is 0. The van der Waals surface area contributed by atoms with Gasteiger partial charge in [0.1, 0.15) is 11.8 Å². The number of nitriles is 1. The van der Waals surface area contributed by atoms with Gasteiger partial charge in [0.25, 0.3) is 0 Å². The molecule has 3 heteroatoms. The first-order valence-corrected chi connectivity index (χ1v) is 18.4. The predicted octanol–water partition coefficient (Wildman–Crippen LogP) is 13.1. The molecule has 3 aromatic carbocycles. The van der Waals surface area contributed by atoms with Gasteiger partial charge < -0.3 is 4.74 Å². The third kappa shape index (κ3) is 10.2. The molecule has 3 nitrogen and oxygen atoms in total. The van der Waals surface area contributed by atoms with Crippen molar-refractivity contribution < 1.29 is 11.0 Å². The number of hydrogen-bond acceptors (Lipinski definition) is 3. The lowest BCUT2D eigenvalue weighted by atomic mass is 9.73. The number of carbonyl (C=O) groups is 1. The van der Waals surface area contributed by atoms with Gasteiger partial charge in [0.2, 0.25) is 0 Å². The zero-order valence-corrected chi connectivity index (χ0v) is 30.5. The van der Waals surface area contributed by atoms with Gasteiger partial charge in [-0.05, 0) is 84.0 Å². The van der Waals surface area contributed by atoms with Crippen LogP contribution in [0.5, 0.6) is 5.75 Å². The van der Waals surface area contributed by atoms with E-state index in [2.05, 4.69) is 104 Å². The third-order valence-electron chi connectivity index (χ3n) is 10.1. The molecule has 3 rings (SSSR count). The molecular formula is C44H61NO2. The molecular weight excluding hydrogens is 574 g/mol. The van der Waals surface area contributed by atoms with Crippen molar-refractivity contribution in [1.82, 2.24) is 0 Å². The summed E-state index contributed by atoms with van der Waals surface area (Å²) < 4.78 is 6.27. The fraction of sp³-hybridized carbons (Fsp3) is 0.500. The first-order valence-electron chi connectivity index (χ1n) is 18.4. The number of Topliss-reactive ketones (excluding diaryl/α,β-unsaturated/α-hetero) is 1. The van der Waals surface area contributed by atoms with Crippen LogP contribution < -0.4 is 4.74 Å². The first-order chi connectivity index (χ1) is 22.7. The fourth-order valence-corrected chi connectivity index (χ4v) is 7.14. The Balaban J connectivity index is 0.00000800. The Morgan fingerprint density at radius 1 is 0.872 bits per heavy atom. The number of unbranched alkanes of at least 4 members (excludes halogenated alkanes) is 2. The van der Waals surface area contributed by atoms with Crippen molar-refractivity contribution in [2.75, 3.05) is 0 Å². The summed E-state index contributed by atoms with van der Waals surface area (Å²) in [7, 11) is 0. The van der Waals surface area contributed by atoms with Crippen LogP contribution in [0, 0.1) is 36.0 Å². The Labute approximate surface area is 287 Å². The first kappa shape index (κ1) is 37.8. The molecule has 0 aliphatic carbocycles. The Morgan fingerprint density at radius 2 is 1.55 bits per heavy atom. The lowest BCUT2D eigenvalue weighted by molar-refractivity contribution is 0.0831. The fourth-order valence-electron chi connectivity index (χ4n) is 7.14. The average molecular weight is 636 g/mol. The molecule has 254 valence electrons. The highest BCUT2D eigenvalue weighted by Crippen LogP contribution is 2.35. The van der Waals surface area contributed by atoms with Crippen LogP contribution in [0.3, 0.4) is 0 Å². The van der Waals surface area contributed by atoms with Gasteiger partial charge in [0.15, 0.2) is 5.78 Å². The standard InChI is InChI=1S/C44H59NO2.H2/c1-9-14-18-35(17-11-3)41(13-5)33(8)44(46)36-24-22-34(23-25-36)31(6)28-37-19-16-21-42(32(37)7)38-26-27-43(39(29-38)30-45)47-40(12-4)20-15-10-2;/h16,19,21-29,33,35,40-41H,9-15,17-18,20H2,1-8H3;1H/b31-28+;. The number of carbonyl (C=O) groups excluding carboxylic acids is 1. The molecule has 0 saturated heterocycles. The molecule has 47 heavy (non-hydrogen) atoms. The van der Waals surface area contributed by atoms with Crippen molar-refractivity contribution in [2.24, 2.45) is 17.8 Å². The Kier molecular flexibility index (Phi) is 15.5. The van der Waals surface area contributed by atoms with Crippen LogP contribution in [0.15, 0.2) is 60.7 Å². The maximum absolute atomic E-state index is 13.7. The zero-order valence-electron chi connectivity index (χ0n) is 30.5. The Bertz CT molecular complexity index is 1500. The molecule has 4 unspecified atom stereocenters. The van der Waals surface area contributed by atoms with E-state index in [9.17, 15) is 10.1 Å². The van der Waals surface area contributed by atoms with Gasteiger partial charge in [-0.25, -0.2) is 0 Å². The van der Waals surface area contributed by atoms with Crippen LogP contribution in [0.25, 0.3) is 22.8 Å². The summed E-state index contributed by atoms with van der Waals surface area (Å²) in [5.41, 5.74) is 8.06. The lowest BCUT2D eigenvalue weighted by Crippen LogP contribution is -2.27. The van der Waals surface area contributed by atoms with Gasteiger partial charge in [0.05, 0.1) is 11.7 Å². The summed E-state index contributed by atoms with van der Waals surface area (Å²) in [5, 5.41) is 9.96. The van der Waals surface area contributed by atoms with Crippen molar-refractivity contribution in [3.05, 3.63) is 88.5 Å². The molecule has 4 atom stereocenters. The van der Waals surface area contributed by atoms with E-state index in [1.54, 1.807) is 0 Å². The zero-order chi connectivity index (χ0) is 34.3. The molecule has 0 bridgehead atoms. The van der Waals surface area contributed by atoms with Crippen LogP contribution >= 0.6 is 0 Å². The van der Waals surface area contributed by atoms with E-state index in [0.29, 0.717) is 23.1 Å². The smallest absolute Gasteiger partial charge is 0.165 e. The topological polar surface area (TPSA) is 50.1 Å². The van der Waals surface area contributed by atoms with Crippen LogP contribution in [0.4, 0.5) is 0 Å². The van der Waals surface area contributed by atoms with Crippen LogP contribution in [0.1, 0.15) is 147 Å². The second kappa shape index (κ2) is 19.2. The van der Waals surface area contributed by atoms with Crippen molar-refractivity contribution in [2.45, 2.75) is 126 Å². The molecule has 0 N–H and O–H groups in total. The summed E-state index contributed by atoms with van der Waals surface area (Å²) in [6.07, 6.45) is 13.6. The largest absolute Gasteiger partial charge is 0.489 e. The summed E-state index contributed by atoms with van der Waals surface area (Å²) in [4.78, 5) is 13.7. The quantitative estimate of drug-likeness (QED) is 0.0972. The van der Waals surface area contributed by atoms with Crippen LogP contribution in [-0.4, -0.2) is 11.9 Å². The Morgan fingerprint density at radius 3 is 2.17 bits per heavy atom. The highest BCUT2D eigenvalue weighted by molar-refractivity contribution is 5.98. The van der Waals surface area contributed by atoms with Gasteiger partial charge in [-0.2, -0.15) is 5.26 Å². The van der Waals surface area contributed by atoms with Gasteiger partial charge >= 0.3 is 0 Å². The van der Waals surface area contributed by atoms with E-state index >= 15 is 0 Å². The van der Waals surface area contributed by atoms with Crippen LogP contribution in [-0.2, 0) is 0 Å². The van der Waals surface area contributed by atoms with E-state index < -0.39 is 0 Å². The summed E-state index contributed by atoms with van der Waals surface area (Å²) >= 11 is 0. The average Bonchev–Trinajstić information content (AvgIpc) is 3.09. The van der Waals surface area contributed by atoms with Crippen molar-refractivity contribution >= 4 is 17.4 Å². The number of hydrogen-bond donors (Lipinski definition) is 0. The molecule has 0 fully saturated rings. The molecule has 0 saturated carbocycles. The number of nitrogens with zero attached hydrogens (tertiary/aromatic N) is 1. The predicted molar refractivity (Wildman–Crippen MR) is 203 cm³/mol. The lowest BCUT2D eigenvalue weighted by Gasteiger charge is -2.30. The highest BCUT2D eigenvalue weighted by atomic mass is 16.5. The summed E-state index contributed by atoms with van der Waals surface area (Å²) in [6.45, 7) is 17.5. The molecule has 0 heterocycles. The van der Waals surface area contributed by atoms with Crippen molar-refractivity contribution in [3.8, 4) is 22.9 Å². The number of ether oxygens (including phenoxy) is 1. The van der Waals surface area contributed by atoms with Gasteiger partial charge in [-0.15, -0.1) is 0 Å². The monoisotopic (exact) mass is 635 g/mol. The van der Waals surface area contributed by atoms with E-state index in [1.165, 1.54) is 32.1 Å². The van der Waals surface area contributed by atoms with E-state index in [0.717, 1.165) is 71.1 Å². The molecule has 0 aliphatic heterocycles. The Hall–Kier alpha value is -3.64. The maximum Gasteiger partial charge on any atom is 0.165 e. The summed E-state index contributed by atoms with van der Waals surface area (Å²) in [5.74, 6) is 2.01. The maximum atomic E-state index is 13.7. The van der Waals surface area contributed by atoms with E-state index in [-0.39, 0.29) is 19.2 Å². The number of benzene rings is 3. The second-order valence-electron chi connectivity index (χ2n) is 13.5. The van der Waals surface area contributed by atoms with Gasteiger partial charge in [-0.1, -0.05) is 148 Å². The van der Waals surface area contributed by atoms with Crippen LogP contribution in [0.2, 0.25) is 0 Å². The molecule has 0 aromatic heterocycles. The normalized spacial score (nSPS) is 14.2. The number of rotatable bonds is 19. The summed E-state index contributed by atoms with van der Waals surface area (Å²) in [6, 6.07) is 22.9. The minimum Gasteiger partial charge on any atom is -0.489 e.